The van der Waals surface area contributed by atoms with Crippen molar-refractivity contribution in [3.8, 4) is 0 Å². The summed E-state index contributed by atoms with van der Waals surface area (Å²) in [7, 11) is 0. The van der Waals surface area contributed by atoms with Crippen LogP contribution in [0.15, 0.2) is 43.0 Å². The molecule has 1 aromatic carbocycles. The van der Waals surface area contributed by atoms with Gasteiger partial charge in [-0.05, 0) is 0 Å². The summed E-state index contributed by atoms with van der Waals surface area (Å²) in [6, 6.07) is 9.90. The van der Waals surface area contributed by atoms with Crippen LogP contribution < -0.4 is 4.46 Å². The van der Waals surface area contributed by atoms with Crippen molar-refractivity contribution >= 4 is 31.2 Å². The van der Waals surface area contributed by atoms with Crippen molar-refractivity contribution in [2.24, 2.45) is 5.92 Å². The van der Waals surface area contributed by atoms with E-state index in [9.17, 15) is 9.59 Å². The number of carbonyl (C=O) groups excluding carboxylic acids is 2. The van der Waals surface area contributed by atoms with Crippen molar-refractivity contribution < 1.29 is 14.3 Å². The van der Waals surface area contributed by atoms with Gasteiger partial charge in [0.2, 0.25) is 0 Å². The van der Waals surface area contributed by atoms with Gasteiger partial charge in [0, 0.05) is 0 Å². The molecule has 0 bridgehead atoms. The van der Waals surface area contributed by atoms with Gasteiger partial charge in [-0.1, -0.05) is 0 Å². The zero-order valence-corrected chi connectivity index (χ0v) is 14.2. The first-order valence-electron chi connectivity index (χ1n) is 7.76. The van der Waals surface area contributed by atoms with Crippen LogP contribution in [0.1, 0.15) is 32.1 Å². The molecule has 1 aliphatic heterocycles. The molecule has 1 aliphatic carbocycles. The molecule has 22 heavy (non-hydrogen) atoms. The van der Waals surface area contributed by atoms with Crippen LogP contribution in [0.25, 0.3) is 0 Å². The zero-order valence-electron chi connectivity index (χ0n) is 12.5. The topological polar surface area (TPSA) is 43.4 Å². The van der Waals surface area contributed by atoms with Gasteiger partial charge < -0.3 is 0 Å². The summed E-state index contributed by atoms with van der Waals surface area (Å²) in [5, 5.41) is 0. The third-order valence-corrected chi connectivity index (χ3v) is 7.79. The quantitative estimate of drug-likeness (QED) is 0.357. The molecule has 1 aromatic rings. The fraction of sp³-hybridized carbons (Fsp3) is 0.444. The van der Waals surface area contributed by atoms with Crippen molar-refractivity contribution in [1.29, 1.82) is 0 Å². The molecular weight excluding hydrogens is 343 g/mol. The zero-order chi connectivity index (χ0) is 15.6. The van der Waals surface area contributed by atoms with Crippen molar-refractivity contribution in [3.05, 3.63) is 43.0 Å². The van der Waals surface area contributed by atoms with Crippen molar-refractivity contribution in [2.45, 2.75) is 42.5 Å². The molecule has 1 saturated heterocycles. The molecule has 3 rings (SSSR count). The van der Waals surface area contributed by atoms with E-state index in [1.807, 2.05) is 30.3 Å². The molecule has 2 fully saturated rings. The van der Waals surface area contributed by atoms with Crippen LogP contribution in [0, 0.1) is 5.92 Å². The number of hydrogen-bond acceptors (Lipinski definition) is 3. The molecule has 0 radical (unpaired) electrons. The van der Waals surface area contributed by atoms with Crippen LogP contribution in [0.5, 0.6) is 0 Å². The Morgan fingerprint density at radius 3 is 2.82 bits per heavy atom. The molecule has 0 amide bonds. The molecule has 0 unspecified atom stereocenters. The van der Waals surface area contributed by atoms with Gasteiger partial charge in [0.1, 0.15) is 0 Å². The Kier molecular flexibility index (Phi) is 4.51. The number of Topliss-reactive ketones (excluding diaryl/α,β-unsaturated/α-hetero) is 1. The minimum atomic E-state index is -0.899. The normalized spacial score (nSPS) is 31.3. The molecule has 3 nitrogen and oxygen atoms in total. The van der Waals surface area contributed by atoms with E-state index < -0.39 is 4.31 Å². The van der Waals surface area contributed by atoms with Crippen molar-refractivity contribution in [2.75, 3.05) is 0 Å². The first kappa shape index (κ1) is 15.5. The summed E-state index contributed by atoms with van der Waals surface area (Å²) >= 11 is -0.216. The molecule has 1 saturated carbocycles. The number of benzene rings is 1. The molecule has 0 spiro atoms. The van der Waals surface area contributed by atoms with Crippen LogP contribution in [0.2, 0.25) is 4.31 Å². The van der Waals surface area contributed by atoms with E-state index in [4.69, 9.17) is 4.74 Å². The Labute approximate surface area is 137 Å². The van der Waals surface area contributed by atoms with Gasteiger partial charge in [-0.2, -0.15) is 0 Å². The molecule has 116 valence electrons. The van der Waals surface area contributed by atoms with Crippen LogP contribution in [0.3, 0.4) is 0 Å². The van der Waals surface area contributed by atoms with Crippen LogP contribution >= 0.6 is 0 Å². The predicted octanol–water partition coefficient (Wildman–Crippen LogP) is 2.44. The second kappa shape index (κ2) is 6.39. The van der Waals surface area contributed by atoms with E-state index in [-0.39, 0.29) is 38.7 Å². The van der Waals surface area contributed by atoms with E-state index >= 15 is 0 Å². The standard InChI is InChI=1S/C18H20O3Se/c1-2-7-14-12-13-8-6-11-16(19)18(13,17(20)21-14)22-15-9-4-3-5-10-15/h2-5,9-10,13-14H,1,6-8,11-12H2/t13-,14-,18+/m0/s1. The monoisotopic (exact) mass is 364 g/mol. The number of hydrogen-bond donors (Lipinski definition) is 0. The Balaban J connectivity index is 1.93. The van der Waals surface area contributed by atoms with E-state index in [1.165, 1.54) is 0 Å². The van der Waals surface area contributed by atoms with Crippen LogP contribution in [-0.4, -0.2) is 32.8 Å². The number of fused-ring (bicyclic) bond motifs is 1. The summed E-state index contributed by atoms with van der Waals surface area (Å²) in [5.41, 5.74) is 0. The second-order valence-corrected chi connectivity index (χ2v) is 8.72. The second-order valence-electron chi connectivity index (χ2n) is 5.95. The maximum absolute atomic E-state index is 12.8. The van der Waals surface area contributed by atoms with Crippen molar-refractivity contribution in [1.82, 2.24) is 0 Å². The van der Waals surface area contributed by atoms with Gasteiger partial charge in [-0.15, -0.1) is 0 Å². The summed E-state index contributed by atoms with van der Waals surface area (Å²) in [6.07, 6.45) is 5.49. The van der Waals surface area contributed by atoms with Gasteiger partial charge >= 0.3 is 137 Å². The molecule has 1 heterocycles. The Morgan fingerprint density at radius 2 is 2.09 bits per heavy atom. The van der Waals surface area contributed by atoms with Crippen molar-refractivity contribution in [3.63, 3.8) is 0 Å². The molecule has 3 atom stereocenters. The SMILES string of the molecule is C=CC[C@H]1C[C@@H]2CCCC(=O)[C@@]2([Se]c2ccccc2)C(=O)O1. The van der Waals surface area contributed by atoms with Gasteiger partial charge in [0.05, 0.1) is 0 Å². The minimum absolute atomic E-state index is 0.0923. The molecular formula is C18H20O3Se. The van der Waals surface area contributed by atoms with Crippen LogP contribution in [-0.2, 0) is 14.3 Å². The van der Waals surface area contributed by atoms with E-state index in [2.05, 4.69) is 6.58 Å². The summed E-state index contributed by atoms with van der Waals surface area (Å²) in [6.45, 7) is 3.73. The number of carbonyl (C=O) groups is 2. The summed E-state index contributed by atoms with van der Waals surface area (Å²) < 4.78 is 5.82. The first-order chi connectivity index (χ1) is 10.7. The predicted molar refractivity (Wildman–Crippen MR) is 86.2 cm³/mol. The third-order valence-electron chi connectivity index (χ3n) is 4.52. The van der Waals surface area contributed by atoms with E-state index in [0.717, 1.165) is 23.7 Å². The number of rotatable bonds is 4. The number of ether oxygens (including phenoxy) is 1. The third kappa shape index (κ3) is 2.66. The van der Waals surface area contributed by atoms with E-state index in [1.54, 1.807) is 6.08 Å². The van der Waals surface area contributed by atoms with Crippen LogP contribution in [0.4, 0.5) is 0 Å². The van der Waals surface area contributed by atoms with Gasteiger partial charge in [-0.25, -0.2) is 0 Å². The maximum atomic E-state index is 12.8. The Bertz CT molecular complexity index is 583. The Morgan fingerprint density at radius 1 is 1.32 bits per heavy atom. The summed E-state index contributed by atoms with van der Waals surface area (Å²) in [5.74, 6) is -0.0704. The molecule has 0 N–H and O–H groups in total. The van der Waals surface area contributed by atoms with Gasteiger partial charge in [0.25, 0.3) is 0 Å². The number of ketones is 1. The summed E-state index contributed by atoms with van der Waals surface area (Å²) in [4.78, 5) is 25.5. The fourth-order valence-electron chi connectivity index (χ4n) is 3.48. The number of cyclic esters (lactones) is 1. The Hall–Kier alpha value is -1.38. The average molecular weight is 363 g/mol. The van der Waals surface area contributed by atoms with Gasteiger partial charge in [-0.3, -0.25) is 0 Å². The van der Waals surface area contributed by atoms with E-state index in [0.29, 0.717) is 12.8 Å². The average Bonchev–Trinajstić information content (AvgIpc) is 2.51. The fourth-order valence-corrected chi connectivity index (χ4v) is 6.40. The molecule has 0 aromatic heterocycles. The molecule has 2 aliphatic rings. The first-order valence-corrected chi connectivity index (χ1v) is 9.47. The van der Waals surface area contributed by atoms with Gasteiger partial charge in [0.15, 0.2) is 0 Å². The number of esters is 1. The molecule has 4 heteroatoms.